The highest BCUT2D eigenvalue weighted by Gasteiger charge is 2.33. The van der Waals surface area contributed by atoms with Crippen molar-refractivity contribution in [1.29, 1.82) is 0 Å². The Morgan fingerprint density at radius 1 is 1.38 bits per heavy atom. The van der Waals surface area contributed by atoms with Crippen LogP contribution in [0.5, 0.6) is 0 Å². The zero-order chi connectivity index (χ0) is 12.8. The van der Waals surface area contributed by atoms with Gasteiger partial charge in [-0.2, -0.15) is 0 Å². The lowest BCUT2D eigenvalue weighted by Gasteiger charge is -2.16. The first kappa shape index (κ1) is 14.5. The molecule has 0 radical (unpaired) electrons. The lowest BCUT2D eigenvalue weighted by molar-refractivity contribution is -0.282. The Morgan fingerprint density at radius 2 is 1.94 bits per heavy atom. The molecule has 0 amide bonds. The third kappa shape index (κ3) is 4.83. The van der Waals surface area contributed by atoms with Crippen molar-refractivity contribution in [3.8, 4) is 0 Å². The van der Waals surface area contributed by atoms with E-state index in [1.165, 1.54) is 0 Å². The zero-order valence-corrected chi connectivity index (χ0v) is 8.84. The van der Waals surface area contributed by atoms with Crippen LogP contribution in [-0.4, -0.2) is 33.2 Å². The van der Waals surface area contributed by atoms with Crippen LogP contribution < -0.4 is 0 Å². The van der Waals surface area contributed by atoms with Crippen molar-refractivity contribution < 1.29 is 29.6 Å². The van der Waals surface area contributed by atoms with Gasteiger partial charge in [-0.05, 0) is 6.42 Å². The maximum atomic E-state index is 11.2. The van der Waals surface area contributed by atoms with Crippen molar-refractivity contribution in [2.45, 2.75) is 25.7 Å². The summed E-state index contributed by atoms with van der Waals surface area (Å²) in [6.07, 6.45) is 2.75. The maximum absolute atomic E-state index is 11.2. The molecule has 16 heavy (non-hydrogen) atoms. The number of unbranched alkanes of at least 4 members (excludes halogenated alkanes) is 1. The molecule has 0 aromatic carbocycles. The van der Waals surface area contributed by atoms with Gasteiger partial charge in [0.1, 0.15) is 5.57 Å². The molecular formula is C10H14O6. The summed E-state index contributed by atoms with van der Waals surface area (Å²) < 4.78 is 4.14. The molecule has 0 aliphatic carbocycles. The predicted octanol–water partition coefficient (Wildman–Crippen LogP) is -0.401. The van der Waals surface area contributed by atoms with Crippen LogP contribution in [0.2, 0.25) is 0 Å². The number of carbonyl (C=O) groups is 2. The molecule has 0 saturated carbocycles. The highest BCUT2D eigenvalue weighted by atomic mass is 16.7. The fourth-order valence-electron chi connectivity index (χ4n) is 0.834. The highest BCUT2D eigenvalue weighted by molar-refractivity contribution is 5.99. The predicted molar refractivity (Wildman–Crippen MR) is 53.7 cm³/mol. The van der Waals surface area contributed by atoms with Gasteiger partial charge < -0.3 is 20.1 Å². The van der Waals surface area contributed by atoms with Crippen molar-refractivity contribution in [2.75, 3.05) is 0 Å². The molecule has 0 rings (SSSR count). The number of aliphatic hydroxyl groups is 3. The van der Waals surface area contributed by atoms with Crippen LogP contribution in [0.1, 0.15) is 19.8 Å². The van der Waals surface area contributed by atoms with Gasteiger partial charge in [-0.15, -0.1) is 0 Å². The molecule has 6 nitrogen and oxygen atoms in total. The molecule has 0 bridgehead atoms. The zero-order valence-electron chi connectivity index (χ0n) is 8.84. The molecule has 0 spiro atoms. The van der Waals surface area contributed by atoms with E-state index in [-0.39, 0.29) is 0 Å². The van der Waals surface area contributed by atoms with E-state index >= 15 is 0 Å². The van der Waals surface area contributed by atoms with Gasteiger partial charge in [-0.25, -0.2) is 9.59 Å². The molecule has 0 unspecified atom stereocenters. The number of ether oxygens (including phenoxy) is 1. The van der Waals surface area contributed by atoms with E-state index in [4.69, 9.17) is 15.3 Å². The summed E-state index contributed by atoms with van der Waals surface area (Å²) in [7, 11) is 0. The van der Waals surface area contributed by atoms with Gasteiger partial charge in [0.05, 0.1) is 0 Å². The minimum atomic E-state index is -3.33. The number of rotatable bonds is 5. The molecule has 90 valence electrons. The van der Waals surface area contributed by atoms with Crippen LogP contribution in [0, 0.1) is 0 Å². The lowest BCUT2D eigenvalue weighted by atomic mass is 10.1. The third-order valence-electron chi connectivity index (χ3n) is 1.58. The summed E-state index contributed by atoms with van der Waals surface area (Å²) in [5, 5.41) is 26.6. The van der Waals surface area contributed by atoms with Gasteiger partial charge in [-0.3, -0.25) is 0 Å². The molecule has 0 fully saturated rings. The van der Waals surface area contributed by atoms with Crippen molar-refractivity contribution in [1.82, 2.24) is 0 Å². The molecule has 6 heteroatoms. The van der Waals surface area contributed by atoms with Crippen LogP contribution in [0.3, 0.4) is 0 Å². The minimum absolute atomic E-state index is 0.316. The van der Waals surface area contributed by atoms with Gasteiger partial charge in [0.15, 0.2) is 0 Å². The first-order valence-corrected chi connectivity index (χ1v) is 4.59. The van der Waals surface area contributed by atoms with E-state index in [0.717, 1.165) is 12.2 Å². The quantitative estimate of drug-likeness (QED) is 0.257. The summed E-state index contributed by atoms with van der Waals surface area (Å²) in [6, 6.07) is 0. The normalized spacial score (nSPS) is 12.1. The summed E-state index contributed by atoms with van der Waals surface area (Å²) in [5.41, 5.74) is -0.801. The van der Waals surface area contributed by atoms with Crippen molar-refractivity contribution in [3.05, 3.63) is 24.3 Å². The second-order valence-electron chi connectivity index (χ2n) is 2.95. The van der Waals surface area contributed by atoms with E-state index < -0.39 is 23.5 Å². The van der Waals surface area contributed by atoms with Crippen molar-refractivity contribution in [3.63, 3.8) is 0 Å². The van der Waals surface area contributed by atoms with E-state index in [1.807, 2.05) is 0 Å². The number of hydrogen-bond acceptors (Lipinski definition) is 6. The Kier molecular flexibility index (Phi) is 5.59. The largest absolute Gasteiger partial charge is 0.386 e. The number of allylic oxidation sites excluding steroid dienone is 1. The van der Waals surface area contributed by atoms with Gasteiger partial charge >= 0.3 is 17.9 Å². The van der Waals surface area contributed by atoms with E-state index in [2.05, 4.69) is 11.3 Å². The second kappa shape index (κ2) is 6.16. The van der Waals surface area contributed by atoms with Crippen molar-refractivity contribution in [2.24, 2.45) is 0 Å². The Morgan fingerprint density at radius 3 is 2.31 bits per heavy atom. The molecule has 0 aliphatic heterocycles. The highest BCUT2D eigenvalue weighted by Crippen LogP contribution is 2.14. The van der Waals surface area contributed by atoms with Crippen molar-refractivity contribution >= 4 is 11.9 Å². The molecule has 0 saturated heterocycles. The maximum Gasteiger partial charge on any atom is 0.349 e. The summed E-state index contributed by atoms with van der Waals surface area (Å²) in [5.74, 6) is -5.70. The molecule has 0 heterocycles. The molecule has 0 aliphatic rings. The summed E-state index contributed by atoms with van der Waals surface area (Å²) in [4.78, 5) is 21.9. The third-order valence-corrected chi connectivity index (χ3v) is 1.58. The van der Waals surface area contributed by atoms with E-state index in [0.29, 0.717) is 12.8 Å². The number of carbonyl (C=O) groups excluding carboxylic acids is 2. The van der Waals surface area contributed by atoms with E-state index in [1.54, 1.807) is 6.92 Å². The Hall–Kier alpha value is -1.50. The monoisotopic (exact) mass is 230 g/mol. The van der Waals surface area contributed by atoms with Gasteiger partial charge in [0.25, 0.3) is 0 Å². The molecule has 0 aromatic rings. The van der Waals surface area contributed by atoms with Crippen LogP contribution >= 0.6 is 0 Å². The van der Waals surface area contributed by atoms with Gasteiger partial charge in [0, 0.05) is 6.08 Å². The van der Waals surface area contributed by atoms with Crippen LogP contribution in [-0.2, 0) is 14.3 Å². The molecule has 0 atom stereocenters. The Bertz CT molecular complexity index is 310. The smallest absolute Gasteiger partial charge is 0.349 e. The second-order valence-corrected chi connectivity index (χ2v) is 2.95. The molecular weight excluding hydrogens is 216 g/mol. The molecule has 3 N–H and O–H groups in total. The SMILES string of the molecule is C=CC(=O)OC(=O)C(=CCCC)C(O)(O)O. The van der Waals surface area contributed by atoms with Gasteiger partial charge in [0.2, 0.25) is 0 Å². The first-order chi connectivity index (χ1) is 7.32. The van der Waals surface area contributed by atoms with Gasteiger partial charge in [-0.1, -0.05) is 26.0 Å². The fraction of sp³-hybridized carbons (Fsp3) is 0.400. The Balaban J connectivity index is 4.85. The number of hydrogen-bond donors (Lipinski definition) is 3. The van der Waals surface area contributed by atoms with Crippen LogP contribution in [0.25, 0.3) is 0 Å². The summed E-state index contributed by atoms with van der Waals surface area (Å²) in [6.45, 7) is 4.84. The topological polar surface area (TPSA) is 104 Å². The number of esters is 2. The average molecular weight is 230 g/mol. The van der Waals surface area contributed by atoms with Crippen LogP contribution in [0.15, 0.2) is 24.3 Å². The standard InChI is InChI=1S/C10H14O6/c1-3-5-6-7(10(13,14)15)9(12)16-8(11)4-2/h4,6,13-15H,2-3,5H2,1H3. The Labute approximate surface area is 92.5 Å². The average Bonchev–Trinajstić information content (AvgIpc) is 2.16. The molecule has 0 aromatic heterocycles. The fourth-order valence-corrected chi connectivity index (χ4v) is 0.834. The van der Waals surface area contributed by atoms with Crippen LogP contribution in [0.4, 0.5) is 0 Å². The minimum Gasteiger partial charge on any atom is -0.386 e. The summed E-state index contributed by atoms with van der Waals surface area (Å²) >= 11 is 0. The van der Waals surface area contributed by atoms with E-state index in [9.17, 15) is 9.59 Å². The lowest BCUT2D eigenvalue weighted by Crippen LogP contribution is -2.35. The first-order valence-electron chi connectivity index (χ1n) is 4.59.